The lowest BCUT2D eigenvalue weighted by Gasteiger charge is -2.13. The number of rotatable bonds is 5. The molecule has 1 amide bonds. The van der Waals surface area contributed by atoms with Crippen molar-refractivity contribution in [3.63, 3.8) is 0 Å². The van der Waals surface area contributed by atoms with Crippen LogP contribution in [0.15, 0.2) is 60.7 Å². The molecule has 2 rings (SSSR count). The molecule has 0 saturated carbocycles. The predicted octanol–water partition coefficient (Wildman–Crippen LogP) is 3.14. The second kappa shape index (κ2) is 8.30. The summed E-state index contributed by atoms with van der Waals surface area (Å²) in [4.78, 5) is 23.8. The van der Waals surface area contributed by atoms with Crippen LogP contribution < -0.4 is 5.32 Å². The van der Waals surface area contributed by atoms with Gasteiger partial charge in [0.15, 0.2) is 6.10 Å². The zero-order chi connectivity index (χ0) is 17.4. The number of hydrogen-bond donors (Lipinski definition) is 1. The van der Waals surface area contributed by atoms with Gasteiger partial charge in [-0.05, 0) is 30.7 Å². The van der Waals surface area contributed by atoms with Crippen LogP contribution in [0.4, 0.5) is 5.69 Å². The maximum Gasteiger partial charge on any atom is 0.331 e. The van der Waals surface area contributed by atoms with Gasteiger partial charge in [-0.1, -0.05) is 42.5 Å². The minimum atomic E-state index is -0.982. The molecule has 0 heterocycles. The van der Waals surface area contributed by atoms with Gasteiger partial charge >= 0.3 is 5.97 Å². The molecule has 120 valence electrons. The fraction of sp³-hybridized carbons (Fsp3) is 0.105. The van der Waals surface area contributed by atoms with Gasteiger partial charge in [0.25, 0.3) is 5.91 Å². The molecule has 1 atom stereocenters. The summed E-state index contributed by atoms with van der Waals surface area (Å²) < 4.78 is 5.06. The Balaban J connectivity index is 1.93. The number of benzene rings is 2. The molecule has 5 nitrogen and oxygen atoms in total. The van der Waals surface area contributed by atoms with Crippen LogP contribution >= 0.6 is 0 Å². The van der Waals surface area contributed by atoms with Crippen LogP contribution in [0.1, 0.15) is 18.1 Å². The fourth-order valence-corrected chi connectivity index (χ4v) is 1.92. The molecule has 0 spiro atoms. The SMILES string of the molecule is C[C@H](OC(=O)/C=C/c1ccccc1)C(=O)Nc1ccccc1C#N. The molecule has 0 unspecified atom stereocenters. The second-order valence-electron chi connectivity index (χ2n) is 4.97. The first-order valence-electron chi connectivity index (χ1n) is 7.34. The number of esters is 1. The monoisotopic (exact) mass is 320 g/mol. The average Bonchev–Trinajstić information content (AvgIpc) is 2.61. The molecule has 0 fully saturated rings. The molecule has 2 aromatic carbocycles. The summed E-state index contributed by atoms with van der Waals surface area (Å²) in [5.74, 6) is -1.12. The maximum atomic E-state index is 12.1. The van der Waals surface area contributed by atoms with Gasteiger partial charge in [-0.3, -0.25) is 4.79 Å². The van der Waals surface area contributed by atoms with E-state index in [0.717, 1.165) is 5.56 Å². The van der Waals surface area contributed by atoms with Crippen molar-refractivity contribution in [3.8, 4) is 6.07 Å². The standard InChI is InChI=1S/C19H16N2O3/c1-14(19(23)21-17-10-6-5-9-16(17)13-20)24-18(22)12-11-15-7-3-2-4-8-15/h2-12,14H,1H3,(H,21,23)/b12-11+/t14-/m0/s1. The fourth-order valence-electron chi connectivity index (χ4n) is 1.92. The van der Waals surface area contributed by atoms with E-state index >= 15 is 0 Å². The van der Waals surface area contributed by atoms with Crippen molar-refractivity contribution in [3.05, 3.63) is 71.8 Å². The predicted molar refractivity (Wildman–Crippen MR) is 90.8 cm³/mol. The maximum absolute atomic E-state index is 12.1. The average molecular weight is 320 g/mol. The van der Waals surface area contributed by atoms with Crippen molar-refractivity contribution in [2.75, 3.05) is 5.32 Å². The highest BCUT2D eigenvalue weighted by Crippen LogP contribution is 2.14. The van der Waals surface area contributed by atoms with Crippen molar-refractivity contribution in [1.82, 2.24) is 0 Å². The van der Waals surface area contributed by atoms with Crippen molar-refractivity contribution in [2.45, 2.75) is 13.0 Å². The number of para-hydroxylation sites is 1. The summed E-state index contributed by atoms with van der Waals surface area (Å²) in [5.41, 5.74) is 1.58. The number of nitriles is 1. The Labute approximate surface area is 140 Å². The van der Waals surface area contributed by atoms with Crippen LogP contribution in [0.5, 0.6) is 0 Å². The highest BCUT2D eigenvalue weighted by molar-refractivity contribution is 5.97. The van der Waals surface area contributed by atoms with E-state index in [4.69, 9.17) is 10.00 Å². The van der Waals surface area contributed by atoms with Crippen molar-refractivity contribution in [2.24, 2.45) is 0 Å². The van der Waals surface area contributed by atoms with Crippen LogP contribution in [0.3, 0.4) is 0 Å². The van der Waals surface area contributed by atoms with Crippen LogP contribution in [-0.2, 0) is 14.3 Å². The van der Waals surface area contributed by atoms with Gasteiger partial charge in [0, 0.05) is 6.08 Å². The molecule has 0 aliphatic carbocycles. The smallest absolute Gasteiger partial charge is 0.331 e. The first-order chi connectivity index (χ1) is 11.6. The summed E-state index contributed by atoms with van der Waals surface area (Å²) in [6.45, 7) is 1.47. The van der Waals surface area contributed by atoms with Gasteiger partial charge < -0.3 is 10.1 Å². The van der Waals surface area contributed by atoms with E-state index in [1.807, 2.05) is 36.4 Å². The Morgan fingerprint density at radius 3 is 2.50 bits per heavy atom. The molecule has 0 radical (unpaired) electrons. The largest absolute Gasteiger partial charge is 0.449 e. The van der Waals surface area contributed by atoms with Gasteiger partial charge in [0.2, 0.25) is 0 Å². The van der Waals surface area contributed by atoms with Gasteiger partial charge in [0.1, 0.15) is 6.07 Å². The van der Waals surface area contributed by atoms with E-state index in [1.54, 1.807) is 30.3 Å². The summed E-state index contributed by atoms with van der Waals surface area (Å²) in [6.07, 6.45) is 1.89. The lowest BCUT2D eigenvalue weighted by Crippen LogP contribution is -2.29. The zero-order valence-corrected chi connectivity index (χ0v) is 13.1. The van der Waals surface area contributed by atoms with Crippen molar-refractivity contribution < 1.29 is 14.3 Å². The first kappa shape index (κ1) is 17.0. The van der Waals surface area contributed by atoms with E-state index in [-0.39, 0.29) is 0 Å². The Hall–Kier alpha value is -3.39. The third-order valence-corrected chi connectivity index (χ3v) is 3.18. The van der Waals surface area contributed by atoms with Gasteiger partial charge in [-0.15, -0.1) is 0 Å². The lowest BCUT2D eigenvalue weighted by atomic mass is 10.2. The van der Waals surface area contributed by atoms with Crippen LogP contribution in [-0.4, -0.2) is 18.0 Å². The number of carbonyl (C=O) groups is 2. The van der Waals surface area contributed by atoms with E-state index in [0.29, 0.717) is 11.3 Å². The lowest BCUT2D eigenvalue weighted by molar-refractivity contribution is -0.148. The molecule has 1 N–H and O–H groups in total. The molecule has 5 heteroatoms. The number of nitrogens with one attached hydrogen (secondary N) is 1. The van der Waals surface area contributed by atoms with Crippen LogP contribution in [0.2, 0.25) is 0 Å². The van der Waals surface area contributed by atoms with Gasteiger partial charge in [-0.2, -0.15) is 5.26 Å². The van der Waals surface area contributed by atoms with E-state index in [9.17, 15) is 9.59 Å². The van der Waals surface area contributed by atoms with Crippen LogP contribution in [0, 0.1) is 11.3 Å². The summed E-state index contributed by atoms with van der Waals surface area (Å²) >= 11 is 0. The Morgan fingerprint density at radius 2 is 1.79 bits per heavy atom. The summed E-state index contributed by atoms with van der Waals surface area (Å²) in [5, 5.41) is 11.6. The van der Waals surface area contributed by atoms with E-state index in [2.05, 4.69) is 5.32 Å². The Morgan fingerprint density at radius 1 is 1.12 bits per heavy atom. The van der Waals surface area contributed by atoms with E-state index in [1.165, 1.54) is 13.0 Å². The van der Waals surface area contributed by atoms with Crippen LogP contribution in [0.25, 0.3) is 6.08 Å². The summed E-state index contributed by atoms with van der Waals surface area (Å²) in [6, 6.07) is 17.9. The van der Waals surface area contributed by atoms with E-state index < -0.39 is 18.0 Å². The molecular formula is C19H16N2O3. The minimum absolute atomic E-state index is 0.341. The molecule has 0 aliphatic rings. The Kier molecular flexibility index (Phi) is 5.87. The number of carbonyl (C=O) groups excluding carboxylic acids is 2. The molecule has 0 saturated heterocycles. The van der Waals surface area contributed by atoms with Gasteiger partial charge in [0.05, 0.1) is 11.3 Å². The molecular weight excluding hydrogens is 304 g/mol. The summed E-state index contributed by atoms with van der Waals surface area (Å²) in [7, 11) is 0. The number of amides is 1. The van der Waals surface area contributed by atoms with Gasteiger partial charge in [-0.25, -0.2) is 4.79 Å². The van der Waals surface area contributed by atoms with Crippen molar-refractivity contribution >= 4 is 23.6 Å². The quantitative estimate of drug-likeness (QED) is 0.678. The molecule has 0 aliphatic heterocycles. The third kappa shape index (κ3) is 4.82. The second-order valence-corrected chi connectivity index (χ2v) is 4.97. The molecule has 0 aromatic heterocycles. The highest BCUT2D eigenvalue weighted by atomic mass is 16.5. The normalized spacial score (nSPS) is 11.5. The highest BCUT2D eigenvalue weighted by Gasteiger charge is 2.17. The zero-order valence-electron chi connectivity index (χ0n) is 13.1. The minimum Gasteiger partial charge on any atom is -0.449 e. The number of anilines is 1. The first-order valence-corrected chi connectivity index (χ1v) is 7.34. The third-order valence-electron chi connectivity index (χ3n) is 3.18. The van der Waals surface area contributed by atoms with Crippen molar-refractivity contribution in [1.29, 1.82) is 5.26 Å². The molecule has 24 heavy (non-hydrogen) atoms. The Bertz CT molecular complexity index is 792. The molecule has 0 bridgehead atoms. The number of nitrogens with zero attached hydrogens (tertiary/aromatic N) is 1. The molecule has 2 aromatic rings. The number of hydrogen-bond acceptors (Lipinski definition) is 4. The topological polar surface area (TPSA) is 79.2 Å². The number of ether oxygens (including phenoxy) is 1.